The molecule has 32 heavy (non-hydrogen) atoms. The summed E-state index contributed by atoms with van der Waals surface area (Å²) in [5.41, 5.74) is 9.95. The van der Waals surface area contributed by atoms with Crippen molar-refractivity contribution in [3.8, 4) is 5.75 Å². The minimum Gasteiger partial charge on any atom is -0.496 e. The molecule has 3 aromatic rings. The average molecular weight is 432 g/mol. The van der Waals surface area contributed by atoms with Gasteiger partial charge in [-0.1, -0.05) is 30.3 Å². The fraction of sp³-hybridized carbons (Fsp3) is 0.346. The number of para-hydroxylation sites is 1. The highest BCUT2D eigenvalue weighted by Gasteiger charge is 2.27. The van der Waals surface area contributed by atoms with Gasteiger partial charge in [-0.15, -0.1) is 0 Å². The van der Waals surface area contributed by atoms with Crippen molar-refractivity contribution < 1.29 is 14.3 Å². The number of primary amides is 1. The summed E-state index contributed by atoms with van der Waals surface area (Å²) in [5.74, 6) is 0.672. The number of piperidine rings is 1. The lowest BCUT2D eigenvalue weighted by Crippen LogP contribution is -2.38. The van der Waals surface area contributed by atoms with Gasteiger partial charge in [-0.2, -0.15) is 0 Å². The lowest BCUT2D eigenvalue weighted by atomic mass is 9.89. The Bertz CT molecular complexity index is 1150. The molecule has 0 aliphatic carbocycles. The van der Waals surface area contributed by atoms with Crippen LogP contribution in [0.25, 0.3) is 10.9 Å². The number of likely N-dealkylation sites (tertiary alicyclic amines) is 1. The van der Waals surface area contributed by atoms with Crippen LogP contribution < -0.4 is 10.5 Å². The third-order valence-electron chi connectivity index (χ3n) is 6.35. The fourth-order valence-corrected chi connectivity index (χ4v) is 4.47. The summed E-state index contributed by atoms with van der Waals surface area (Å²) in [6, 6.07) is 15.7. The largest absolute Gasteiger partial charge is 0.496 e. The summed E-state index contributed by atoms with van der Waals surface area (Å²) >= 11 is 0. The van der Waals surface area contributed by atoms with Crippen LogP contribution in [0.1, 0.15) is 52.4 Å². The highest BCUT2D eigenvalue weighted by Crippen LogP contribution is 2.31. The zero-order valence-corrected chi connectivity index (χ0v) is 18.6. The van der Waals surface area contributed by atoms with Crippen LogP contribution in [0.4, 0.5) is 0 Å². The maximum atomic E-state index is 12.8. The number of nitrogens with two attached hydrogens (primary N) is 1. The van der Waals surface area contributed by atoms with Gasteiger partial charge in [-0.05, 0) is 55.5 Å². The summed E-state index contributed by atoms with van der Waals surface area (Å²) in [5, 5.41) is 0.908. The molecule has 0 spiro atoms. The van der Waals surface area contributed by atoms with E-state index in [0.29, 0.717) is 31.5 Å². The Balaban J connectivity index is 1.40. The van der Waals surface area contributed by atoms with E-state index in [9.17, 15) is 9.59 Å². The van der Waals surface area contributed by atoms with Crippen molar-refractivity contribution in [1.82, 2.24) is 9.88 Å². The predicted octanol–water partition coefficient (Wildman–Crippen LogP) is 3.99. The number of nitrogens with zero attached hydrogens (tertiary/aromatic N) is 2. The fourth-order valence-electron chi connectivity index (χ4n) is 4.47. The maximum Gasteiger partial charge on any atom is 0.250 e. The molecule has 1 fully saturated rings. The molecule has 0 radical (unpaired) electrons. The van der Waals surface area contributed by atoms with Crippen molar-refractivity contribution in [1.29, 1.82) is 0 Å². The van der Waals surface area contributed by atoms with E-state index >= 15 is 0 Å². The molecule has 166 valence electrons. The van der Waals surface area contributed by atoms with Gasteiger partial charge >= 0.3 is 0 Å². The molecule has 4 rings (SSSR count). The molecule has 1 aliphatic heterocycles. The van der Waals surface area contributed by atoms with Crippen LogP contribution >= 0.6 is 0 Å². The molecule has 2 aromatic carbocycles. The van der Waals surface area contributed by atoms with E-state index in [2.05, 4.69) is 0 Å². The molecule has 0 atom stereocenters. The first kappa shape index (κ1) is 21.8. The molecule has 0 bridgehead atoms. The van der Waals surface area contributed by atoms with Gasteiger partial charge < -0.3 is 15.4 Å². The number of carbonyl (C=O) groups is 2. The van der Waals surface area contributed by atoms with Crippen LogP contribution in [0.5, 0.6) is 5.75 Å². The number of carbonyl (C=O) groups excluding carboxylic acids is 2. The normalized spacial score (nSPS) is 14.5. The maximum absolute atomic E-state index is 12.8. The second kappa shape index (κ2) is 9.39. The average Bonchev–Trinajstić information content (AvgIpc) is 2.82. The Labute approximate surface area is 188 Å². The first-order chi connectivity index (χ1) is 15.5. The number of aromatic nitrogens is 1. The van der Waals surface area contributed by atoms with Gasteiger partial charge in [0.1, 0.15) is 5.75 Å². The number of rotatable bonds is 6. The number of ether oxygens (including phenoxy) is 1. The highest BCUT2D eigenvalue weighted by molar-refractivity contribution is 5.97. The number of pyridine rings is 1. The molecule has 6 nitrogen and oxygen atoms in total. The number of amides is 2. The highest BCUT2D eigenvalue weighted by atomic mass is 16.5. The molecule has 2 heterocycles. The van der Waals surface area contributed by atoms with Crippen LogP contribution in [-0.2, 0) is 11.2 Å². The molecular formula is C26H29N3O3. The third kappa shape index (κ3) is 4.59. The van der Waals surface area contributed by atoms with Gasteiger partial charge in [0.15, 0.2) is 0 Å². The van der Waals surface area contributed by atoms with Gasteiger partial charge in [-0.3, -0.25) is 14.6 Å². The van der Waals surface area contributed by atoms with E-state index in [4.69, 9.17) is 15.5 Å². The third-order valence-corrected chi connectivity index (χ3v) is 6.35. The Morgan fingerprint density at radius 1 is 1.12 bits per heavy atom. The summed E-state index contributed by atoms with van der Waals surface area (Å²) in [6.07, 6.45) is 2.70. The van der Waals surface area contributed by atoms with Gasteiger partial charge in [0, 0.05) is 30.8 Å². The molecule has 2 amide bonds. The van der Waals surface area contributed by atoms with Crippen LogP contribution in [0, 0.1) is 6.92 Å². The molecule has 0 saturated carbocycles. The molecule has 0 unspecified atom stereocenters. The number of aryl methyl sites for hydroxylation is 2. The zero-order valence-electron chi connectivity index (χ0n) is 18.6. The second-order valence-electron chi connectivity index (χ2n) is 8.44. The summed E-state index contributed by atoms with van der Waals surface area (Å²) in [6.45, 7) is 3.33. The number of fused-ring (bicyclic) bond motifs is 1. The molecule has 1 saturated heterocycles. The van der Waals surface area contributed by atoms with Crippen molar-refractivity contribution in [3.05, 3.63) is 70.9 Å². The lowest BCUT2D eigenvalue weighted by molar-refractivity contribution is -0.132. The van der Waals surface area contributed by atoms with E-state index in [1.165, 1.54) is 0 Å². The van der Waals surface area contributed by atoms with Crippen molar-refractivity contribution >= 4 is 22.7 Å². The van der Waals surface area contributed by atoms with Crippen LogP contribution in [0.2, 0.25) is 0 Å². The SMILES string of the molecule is COc1cc(CCC(=O)N2CCC(c3nc4ccccc4cc3C(N)=O)CC2)ccc1C. The lowest BCUT2D eigenvalue weighted by Gasteiger charge is -2.32. The van der Waals surface area contributed by atoms with Gasteiger partial charge in [-0.25, -0.2) is 0 Å². The topological polar surface area (TPSA) is 85.5 Å². The van der Waals surface area contributed by atoms with E-state index in [1.807, 2.05) is 60.4 Å². The number of hydrogen-bond acceptors (Lipinski definition) is 4. The number of hydrogen-bond donors (Lipinski definition) is 1. The Hall–Kier alpha value is -3.41. The van der Waals surface area contributed by atoms with Crippen molar-refractivity contribution in [2.75, 3.05) is 20.2 Å². The van der Waals surface area contributed by atoms with E-state index in [-0.39, 0.29) is 11.8 Å². The van der Waals surface area contributed by atoms with Crippen LogP contribution in [0.15, 0.2) is 48.5 Å². The first-order valence-corrected chi connectivity index (χ1v) is 11.1. The molecule has 1 aromatic heterocycles. The summed E-state index contributed by atoms with van der Waals surface area (Å²) < 4.78 is 5.38. The molecule has 1 aliphatic rings. The summed E-state index contributed by atoms with van der Waals surface area (Å²) in [7, 11) is 1.66. The minimum absolute atomic E-state index is 0.118. The Morgan fingerprint density at radius 2 is 1.88 bits per heavy atom. The van der Waals surface area contributed by atoms with E-state index < -0.39 is 5.91 Å². The first-order valence-electron chi connectivity index (χ1n) is 11.1. The quantitative estimate of drug-likeness (QED) is 0.639. The van der Waals surface area contributed by atoms with Gasteiger partial charge in [0.05, 0.1) is 23.9 Å². The van der Waals surface area contributed by atoms with Crippen molar-refractivity contribution in [3.63, 3.8) is 0 Å². The molecule has 6 heteroatoms. The van der Waals surface area contributed by atoms with E-state index in [1.54, 1.807) is 7.11 Å². The van der Waals surface area contributed by atoms with Crippen molar-refractivity contribution in [2.24, 2.45) is 5.73 Å². The van der Waals surface area contributed by atoms with E-state index in [0.717, 1.165) is 46.3 Å². The number of methoxy groups -OCH3 is 1. The second-order valence-corrected chi connectivity index (χ2v) is 8.44. The van der Waals surface area contributed by atoms with Gasteiger partial charge in [0.2, 0.25) is 5.91 Å². The monoisotopic (exact) mass is 431 g/mol. The van der Waals surface area contributed by atoms with Crippen molar-refractivity contribution in [2.45, 2.75) is 38.5 Å². The number of benzene rings is 2. The Kier molecular flexibility index (Phi) is 6.40. The van der Waals surface area contributed by atoms with Crippen LogP contribution in [-0.4, -0.2) is 41.9 Å². The minimum atomic E-state index is -0.453. The molecular weight excluding hydrogens is 402 g/mol. The van der Waals surface area contributed by atoms with Crippen LogP contribution in [0.3, 0.4) is 0 Å². The standard InChI is InChI=1S/C26H29N3O3/c1-17-7-8-18(15-23(17)32-2)9-10-24(30)29-13-11-19(12-14-29)25-21(26(27)31)16-20-5-3-4-6-22(20)28-25/h3-8,15-16,19H,9-14H2,1-2H3,(H2,27,31). The smallest absolute Gasteiger partial charge is 0.250 e. The zero-order chi connectivity index (χ0) is 22.7. The predicted molar refractivity (Wildman–Crippen MR) is 125 cm³/mol. The Morgan fingerprint density at radius 3 is 2.59 bits per heavy atom. The molecule has 2 N–H and O–H groups in total. The van der Waals surface area contributed by atoms with Gasteiger partial charge in [0.25, 0.3) is 5.91 Å². The summed E-state index contributed by atoms with van der Waals surface area (Å²) in [4.78, 5) is 31.6.